The number of rotatable bonds is 3. The van der Waals surface area contributed by atoms with E-state index in [9.17, 15) is 0 Å². The largest absolute Gasteiger partial charge is 0.326 e. The monoisotopic (exact) mass is 255 g/mol. The molecule has 0 aliphatic rings. The van der Waals surface area contributed by atoms with Crippen LogP contribution in [0.15, 0.2) is 53.6 Å². The topological polar surface area (TPSA) is 43.8 Å². The highest BCUT2D eigenvalue weighted by atomic mass is 32.1. The number of hydrogen-bond donors (Lipinski definition) is 1. The van der Waals surface area contributed by atoms with E-state index in [-0.39, 0.29) is 0 Å². The molecule has 3 rings (SSSR count). The average Bonchev–Trinajstić information content (AvgIpc) is 3.09. The van der Waals surface area contributed by atoms with Gasteiger partial charge in [0.1, 0.15) is 0 Å². The Balaban J connectivity index is 2.16. The van der Waals surface area contributed by atoms with E-state index in [2.05, 4.69) is 32.4 Å². The molecule has 3 aromatic rings. The van der Waals surface area contributed by atoms with Gasteiger partial charge >= 0.3 is 0 Å². The van der Waals surface area contributed by atoms with Crippen LogP contribution in [-0.4, -0.2) is 9.55 Å². The summed E-state index contributed by atoms with van der Waals surface area (Å²) in [5.74, 6) is 0. The zero-order valence-electron chi connectivity index (χ0n) is 9.78. The summed E-state index contributed by atoms with van der Waals surface area (Å²) in [4.78, 5) is 4.26. The second kappa shape index (κ2) is 4.76. The van der Waals surface area contributed by atoms with Crippen molar-refractivity contribution in [3.05, 3.63) is 59.2 Å². The van der Waals surface area contributed by atoms with E-state index < -0.39 is 0 Å². The number of benzene rings is 1. The van der Waals surface area contributed by atoms with Crippen molar-refractivity contribution < 1.29 is 0 Å². The van der Waals surface area contributed by atoms with Crippen molar-refractivity contribution in [3.8, 4) is 16.9 Å². The Bertz CT molecular complexity index is 641. The molecule has 0 fully saturated rings. The van der Waals surface area contributed by atoms with Crippen LogP contribution in [0.4, 0.5) is 0 Å². The van der Waals surface area contributed by atoms with Crippen LogP contribution >= 0.6 is 11.3 Å². The maximum atomic E-state index is 5.79. The number of nitrogens with zero attached hydrogens (tertiary/aromatic N) is 2. The van der Waals surface area contributed by atoms with Crippen molar-refractivity contribution in [1.82, 2.24) is 9.55 Å². The first-order valence-corrected chi connectivity index (χ1v) is 6.67. The lowest BCUT2D eigenvalue weighted by atomic mass is 10.1. The molecule has 1 aromatic carbocycles. The molecule has 0 amide bonds. The first-order chi connectivity index (χ1) is 8.90. The second-order valence-corrected chi connectivity index (χ2v) is 4.77. The normalized spacial score (nSPS) is 10.7. The van der Waals surface area contributed by atoms with Crippen LogP contribution in [0.25, 0.3) is 16.9 Å². The fraction of sp³-hybridized carbons (Fsp3) is 0.0714. The second-order valence-electron chi connectivity index (χ2n) is 3.99. The third-order valence-corrected chi connectivity index (χ3v) is 3.61. The molecule has 90 valence electrons. The molecule has 0 aliphatic heterocycles. The minimum Gasteiger partial charge on any atom is -0.326 e. The molecular formula is C14H13N3S. The zero-order chi connectivity index (χ0) is 12.4. The first kappa shape index (κ1) is 11.2. The molecule has 0 spiro atoms. The summed E-state index contributed by atoms with van der Waals surface area (Å²) in [6, 6.07) is 10.2. The Morgan fingerprint density at radius 1 is 1.22 bits per heavy atom. The number of hydrogen-bond acceptors (Lipinski definition) is 3. The molecular weight excluding hydrogens is 242 g/mol. The van der Waals surface area contributed by atoms with Crippen molar-refractivity contribution in [3.63, 3.8) is 0 Å². The molecule has 0 saturated heterocycles. The minimum absolute atomic E-state index is 0.525. The Kier molecular flexibility index (Phi) is 2.96. The quantitative estimate of drug-likeness (QED) is 0.781. The molecule has 4 heteroatoms. The zero-order valence-corrected chi connectivity index (χ0v) is 10.6. The van der Waals surface area contributed by atoms with Gasteiger partial charge in [0.25, 0.3) is 0 Å². The summed E-state index contributed by atoms with van der Waals surface area (Å²) in [6.07, 6.45) is 3.72. The van der Waals surface area contributed by atoms with Gasteiger partial charge in [0.05, 0.1) is 23.9 Å². The lowest BCUT2D eigenvalue weighted by molar-refractivity contribution is 0.987. The summed E-state index contributed by atoms with van der Waals surface area (Å²) >= 11 is 1.69. The Hall–Kier alpha value is -1.91. The summed E-state index contributed by atoms with van der Waals surface area (Å²) in [5.41, 5.74) is 10.3. The van der Waals surface area contributed by atoms with E-state index in [0.29, 0.717) is 6.54 Å². The molecule has 0 unspecified atom stereocenters. The SMILES string of the molecule is NCc1ccccc1-n1cncc1-c1ccsc1. The van der Waals surface area contributed by atoms with Gasteiger partial charge < -0.3 is 5.73 Å². The van der Waals surface area contributed by atoms with Crippen molar-refractivity contribution in [2.24, 2.45) is 5.73 Å². The minimum atomic E-state index is 0.525. The lowest BCUT2D eigenvalue weighted by Gasteiger charge is -2.11. The van der Waals surface area contributed by atoms with Crippen LogP contribution in [0.3, 0.4) is 0 Å². The smallest absolute Gasteiger partial charge is 0.0997 e. The number of thiophene rings is 1. The number of imidazole rings is 1. The number of para-hydroxylation sites is 1. The summed E-state index contributed by atoms with van der Waals surface area (Å²) < 4.78 is 2.09. The molecule has 0 aliphatic carbocycles. The Morgan fingerprint density at radius 2 is 2.11 bits per heavy atom. The standard InChI is InChI=1S/C14H13N3S/c15-7-11-3-1-2-4-13(11)17-10-16-8-14(17)12-5-6-18-9-12/h1-6,8-10H,7,15H2. The Morgan fingerprint density at radius 3 is 2.89 bits per heavy atom. The molecule has 2 N–H and O–H groups in total. The molecule has 0 saturated carbocycles. The van der Waals surface area contributed by atoms with E-state index >= 15 is 0 Å². The van der Waals surface area contributed by atoms with Crippen molar-refractivity contribution in [1.29, 1.82) is 0 Å². The fourth-order valence-corrected chi connectivity index (χ4v) is 2.68. The molecule has 0 bridgehead atoms. The summed E-state index contributed by atoms with van der Waals surface area (Å²) in [5, 5.41) is 4.19. The third-order valence-electron chi connectivity index (χ3n) is 2.93. The average molecular weight is 255 g/mol. The van der Waals surface area contributed by atoms with E-state index in [1.807, 2.05) is 30.7 Å². The van der Waals surface area contributed by atoms with Gasteiger partial charge in [-0.25, -0.2) is 4.98 Å². The molecule has 2 heterocycles. The highest BCUT2D eigenvalue weighted by molar-refractivity contribution is 7.08. The van der Waals surface area contributed by atoms with Gasteiger partial charge in [0, 0.05) is 17.5 Å². The van der Waals surface area contributed by atoms with Gasteiger partial charge in [0.15, 0.2) is 0 Å². The van der Waals surface area contributed by atoms with Gasteiger partial charge in [-0.15, -0.1) is 0 Å². The molecule has 2 aromatic heterocycles. The number of aromatic nitrogens is 2. The van der Waals surface area contributed by atoms with E-state index in [0.717, 1.165) is 16.9 Å². The molecule has 0 radical (unpaired) electrons. The maximum absolute atomic E-state index is 5.79. The number of nitrogens with two attached hydrogens (primary N) is 1. The van der Waals surface area contributed by atoms with Crippen LogP contribution in [0.1, 0.15) is 5.56 Å². The van der Waals surface area contributed by atoms with Crippen molar-refractivity contribution in [2.45, 2.75) is 6.54 Å². The third kappa shape index (κ3) is 1.85. The maximum Gasteiger partial charge on any atom is 0.0997 e. The lowest BCUT2D eigenvalue weighted by Crippen LogP contribution is -2.04. The summed E-state index contributed by atoms with van der Waals surface area (Å²) in [6.45, 7) is 0.525. The van der Waals surface area contributed by atoms with Crippen molar-refractivity contribution in [2.75, 3.05) is 0 Å². The van der Waals surface area contributed by atoms with E-state index in [1.54, 1.807) is 11.3 Å². The molecule has 18 heavy (non-hydrogen) atoms. The van der Waals surface area contributed by atoms with E-state index in [4.69, 9.17) is 5.73 Å². The van der Waals surface area contributed by atoms with Crippen LogP contribution in [0.2, 0.25) is 0 Å². The fourth-order valence-electron chi connectivity index (χ4n) is 2.03. The highest BCUT2D eigenvalue weighted by Crippen LogP contribution is 2.26. The highest BCUT2D eigenvalue weighted by Gasteiger charge is 2.09. The van der Waals surface area contributed by atoms with Gasteiger partial charge in [-0.05, 0) is 23.1 Å². The van der Waals surface area contributed by atoms with Gasteiger partial charge in [-0.1, -0.05) is 18.2 Å². The van der Waals surface area contributed by atoms with Gasteiger partial charge in [0.2, 0.25) is 0 Å². The van der Waals surface area contributed by atoms with Crippen LogP contribution in [0, 0.1) is 0 Å². The van der Waals surface area contributed by atoms with Crippen LogP contribution < -0.4 is 5.73 Å². The first-order valence-electron chi connectivity index (χ1n) is 5.73. The van der Waals surface area contributed by atoms with Crippen molar-refractivity contribution >= 4 is 11.3 Å². The van der Waals surface area contributed by atoms with Gasteiger partial charge in [-0.2, -0.15) is 11.3 Å². The predicted molar refractivity (Wildman–Crippen MR) is 74.8 cm³/mol. The Labute approximate surface area is 110 Å². The molecule has 0 atom stereocenters. The van der Waals surface area contributed by atoms with E-state index in [1.165, 1.54) is 5.56 Å². The summed E-state index contributed by atoms with van der Waals surface area (Å²) in [7, 11) is 0. The van der Waals surface area contributed by atoms with Gasteiger partial charge in [-0.3, -0.25) is 4.57 Å². The van der Waals surface area contributed by atoms with Crippen LogP contribution in [0.5, 0.6) is 0 Å². The van der Waals surface area contributed by atoms with Crippen LogP contribution in [-0.2, 0) is 6.54 Å². The predicted octanol–water partition coefficient (Wildman–Crippen LogP) is 3.06. The molecule has 3 nitrogen and oxygen atoms in total.